The van der Waals surface area contributed by atoms with Crippen molar-refractivity contribution in [3.8, 4) is 17.2 Å². The lowest BCUT2D eigenvalue weighted by Crippen LogP contribution is -2.46. The predicted octanol–water partition coefficient (Wildman–Crippen LogP) is 2.68. The molecule has 1 aliphatic heterocycles. The molecule has 1 heterocycles. The molecule has 4 N–H and O–H groups in total. The first-order valence-electron chi connectivity index (χ1n) is 8.54. The van der Waals surface area contributed by atoms with Gasteiger partial charge in [0.1, 0.15) is 5.75 Å². The molecule has 1 aliphatic rings. The van der Waals surface area contributed by atoms with Crippen LogP contribution in [-0.4, -0.2) is 31.3 Å². The van der Waals surface area contributed by atoms with Crippen LogP contribution in [0.4, 0.5) is 10.5 Å². The predicted molar refractivity (Wildman–Crippen MR) is 103 cm³/mol. The molecule has 8 heteroatoms. The molecule has 2 aromatic rings. The number of amides is 3. The highest BCUT2D eigenvalue weighted by atomic mass is 16.5. The average Bonchev–Trinajstić information content (AvgIpc) is 2.68. The molecule has 0 aromatic heterocycles. The van der Waals surface area contributed by atoms with Crippen molar-refractivity contribution in [1.29, 1.82) is 0 Å². The van der Waals surface area contributed by atoms with Crippen LogP contribution in [0.3, 0.4) is 0 Å². The van der Waals surface area contributed by atoms with E-state index in [9.17, 15) is 14.7 Å². The number of anilines is 1. The third kappa shape index (κ3) is 3.71. The Morgan fingerprint density at radius 1 is 1.11 bits per heavy atom. The summed E-state index contributed by atoms with van der Waals surface area (Å²) in [5.41, 5.74) is 1.86. The van der Waals surface area contributed by atoms with Crippen molar-refractivity contribution in [3.63, 3.8) is 0 Å². The fourth-order valence-electron chi connectivity index (χ4n) is 3.06. The number of rotatable bonds is 5. The van der Waals surface area contributed by atoms with Crippen LogP contribution in [0.5, 0.6) is 17.2 Å². The number of hydrogen-bond donors (Lipinski definition) is 4. The lowest BCUT2D eigenvalue weighted by Gasteiger charge is -2.29. The molecule has 0 saturated heterocycles. The number of phenolic OH excluding ortho intramolecular Hbond substituents is 1. The Hall–Kier alpha value is -3.68. The summed E-state index contributed by atoms with van der Waals surface area (Å²) in [5, 5.41) is 18.0. The zero-order chi connectivity index (χ0) is 20.3. The number of carbonyl (C=O) groups excluding carboxylic acids is 2. The summed E-state index contributed by atoms with van der Waals surface area (Å²) in [6, 6.07) is 10.5. The molecule has 0 saturated carbocycles. The van der Waals surface area contributed by atoms with Gasteiger partial charge in [0.15, 0.2) is 11.5 Å². The topological polar surface area (TPSA) is 109 Å². The third-order valence-electron chi connectivity index (χ3n) is 4.41. The zero-order valence-electron chi connectivity index (χ0n) is 15.7. The van der Waals surface area contributed by atoms with E-state index >= 15 is 0 Å². The normalized spacial score (nSPS) is 16.1. The second-order valence-corrected chi connectivity index (χ2v) is 6.16. The van der Waals surface area contributed by atoms with Gasteiger partial charge in [-0.15, -0.1) is 0 Å². The first kappa shape index (κ1) is 19.1. The van der Waals surface area contributed by atoms with E-state index in [0.717, 1.165) is 0 Å². The first-order chi connectivity index (χ1) is 13.4. The molecule has 146 valence electrons. The average molecular weight is 383 g/mol. The summed E-state index contributed by atoms with van der Waals surface area (Å²) >= 11 is 0. The quantitative estimate of drug-likeness (QED) is 0.635. The molecular formula is C20H21N3O5. The first-order valence-corrected chi connectivity index (χ1v) is 8.54. The largest absolute Gasteiger partial charge is 0.504 e. The van der Waals surface area contributed by atoms with Gasteiger partial charge in [0.05, 0.1) is 31.5 Å². The maximum Gasteiger partial charge on any atom is 0.319 e. The molecule has 0 spiro atoms. The number of benzene rings is 2. The number of para-hydroxylation sites is 2. The molecule has 0 aliphatic carbocycles. The van der Waals surface area contributed by atoms with Gasteiger partial charge >= 0.3 is 6.03 Å². The number of phenols is 1. The number of hydrogen-bond acceptors (Lipinski definition) is 5. The molecular weight excluding hydrogens is 362 g/mol. The minimum Gasteiger partial charge on any atom is -0.504 e. The van der Waals surface area contributed by atoms with Crippen molar-refractivity contribution in [3.05, 3.63) is 59.3 Å². The Morgan fingerprint density at radius 3 is 2.54 bits per heavy atom. The van der Waals surface area contributed by atoms with Crippen molar-refractivity contribution in [1.82, 2.24) is 10.6 Å². The standard InChI is InChI=1S/C20H21N3O5/c1-11-17(19(25)22-13-6-4-5-7-15(13)27-2)18(23-20(26)21-11)12-8-9-14(24)16(10-12)28-3/h4-10,18,24H,1-3H3,(H,22,25)(H2,21,23,26)/t18-/m1/s1. The maximum atomic E-state index is 13.1. The van der Waals surface area contributed by atoms with Gasteiger partial charge in [-0.05, 0) is 36.8 Å². The zero-order valence-corrected chi connectivity index (χ0v) is 15.7. The van der Waals surface area contributed by atoms with Gasteiger partial charge in [-0.1, -0.05) is 18.2 Å². The summed E-state index contributed by atoms with van der Waals surface area (Å²) in [6.45, 7) is 1.65. The number of carbonyl (C=O) groups is 2. The van der Waals surface area contributed by atoms with Crippen LogP contribution < -0.4 is 25.4 Å². The monoisotopic (exact) mass is 383 g/mol. The van der Waals surface area contributed by atoms with Gasteiger partial charge in [0, 0.05) is 5.70 Å². The lowest BCUT2D eigenvalue weighted by atomic mass is 9.94. The van der Waals surface area contributed by atoms with Crippen LogP contribution in [0, 0.1) is 0 Å². The van der Waals surface area contributed by atoms with Crippen LogP contribution in [0.15, 0.2) is 53.7 Å². The summed E-state index contributed by atoms with van der Waals surface area (Å²) in [7, 11) is 2.94. The molecule has 28 heavy (non-hydrogen) atoms. The number of urea groups is 1. The summed E-state index contributed by atoms with van der Waals surface area (Å²) < 4.78 is 10.4. The van der Waals surface area contributed by atoms with E-state index in [1.807, 2.05) is 0 Å². The van der Waals surface area contributed by atoms with Crippen LogP contribution in [0.25, 0.3) is 0 Å². The van der Waals surface area contributed by atoms with E-state index in [2.05, 4.69) is 16.0 Å². The fourth-order valence-corrected chi connectivity index (χ4v) is 3.06. The SMILES string of the molecule is COc1cc([C@H]2NC(=O)NC(C)=C2C(=O)Nc2ccccc2OC)ccc1O. The minimum absolute atomic E-state index is 0.0350. The van der Waals surface area contributed by atoms with Gasteiger partial charge in [-0.25, -0.2) is 4.79 Å². The molecule has 8 nitrogen and oxygen atoms in total. The molecule has 2 aromatic carbocycles. The lowest BCUT2D eigenvalue weighted by molar-refractivity contribution is -0.113. The number of methoxy groups -OCH3 is 2. The molecule has 3 rings (SSSR count). The summed E-state index contributed by atoms with van der Waals surface area (Å²) in [4.78, 5) is 25.1. The summed E-state index contributed by atoms with van der Waals surface area (Å²) in [5.74, 6) is 0.330. The number of nitrogens with one attached hydrogen (secondary N) is 3. The molecule has 1 atom stereocenters. The third-order valence-corrected chi connectivity index (χ3v) is 4.41. The number of ether oxygens (including phenoxy) is 2. The van der Waals surface area contributed by atoms with Crippen LogP contribution >= 0.6 is 0 Å². The summed E-state index contributed by atoms with van der Waals surface area (Å²) in [6.07, 6.45) is 0. The Morgan fingerprint density at radius 2 is 1.82 bits per heavy atom. The van der Waals surface area contributed by atoms with Crippen LogP contribution in [0.2, 0.25) is 0 Å². The Balaban J connectivity index is 1.99. The van der Waals surface area contributed by atoms with Gasteiger partial charge in [0.2, 0.25) is 0 Å². The highest BCUT2D eigenvalue weighted by molar-refractivity contribution is 6.07. The molecule has 0 unspecified atom stereocenters. The smallest absolute Gasteiger partial charge is 0.319 e. The second kappa shape index (κ2) is 7.91. The van der Waals surface area contributed by atoms with E-state index < -0.39 is 18.0 Å². The van der Waals surface area contributed by atoms with E-state index in [1.54, 1.807) is 43.3 Å². The Bertz CT molecular complexity index is 955. The van der Waals surface area contributed by atoms with Gasteiger partial charge in [-0.3, -0.25) is 4.79 Å². The van der Waals surface area contributed by atoms with Gasteiger partial charge in [0.25, 0.3) is 5.91 Å². The van der Waals surface area contributed by atoms with Crippen LogP contribution in [-0.2, 0) is 4.79 Å². The van der Waals surface area contributed by atoms with Crippen molar-refractivity contribution in [2.24, 2.45) is 0 Å². The second-order valence-electron chi connectivity index (χ2n) is 6.16. The van der Waals surface area contributed by atoms with E-state index in [0.29, 0.717) is 28.3 Å². The van der Waals surface area contributed by atoms with Gasteiger partial charge in [-0.2, -0.15) is 0 Å². The van der Waals surface area contributed by atoms with Crippen molar-refractivity contribution >= 4 is 17.6 Å². The Kier molecular flexibility index (Phi) is 5.39. The molecule has 3 amide bonds. The number of aromatic hydroxyl groups is 1. The Labute approximate surface area is 162 Å². The molecule has 0 bridgehead atoms. The van der Waals surface area contributed by atoms with E-state index in [-0.39, 0.29) is 11.5 Å². The molecule has 0 radical (unpaired) electrons. The van der Waals surface area contributed by atoms with Crippen molar-refractivity contribution in [2.45, 2.75) is 13.0 Å². The van der Waals surface area contributed by atoms with E-state index in [4.69, 9.17) is 9.47 Å². The molecule has 0 fully saturated rings. The van der Waals surface area contributed by atoms with Crippen molar-refractivity contribution < 1.29 is 24.2 Å². The minimum atomic E-state index is -0.724. The fraction of sp³-hybridized carbons (Fsp3) is 0.200. The van der Waals surface area contributed by atoms with E-state index in [1.165, 1.54) is 20.3 Å². The van der Waals surface area contributed by atoms with Crippen LogP contribution in [0.1, 0.15) is 18.5 Å². The van der Waals surface area contributed by atoms with Crippen molar-refractivity contribution in [2.75, 3.05) is 19.5 Å². The highest BCUT2D eigenvalue weighted by Gasteiger charge is 2.32. The van der Waals surface area contributed by atoms with Gasteiger partial charge < -0.3 is 30.5 Å². The highest BCUT2D eigenvalue weighted by Crippen LogP contribution is 2.34. The number of allylic oxidation sites excluding steroid dienone is 1. The maximum absolute atomic E-state index is 13.1.